The lowest BCUT2D eigenvalue weighted by molar-refractivity contribution is 0.550. The monoisotopic (exact) mass is 941 g/mol. The third-order valence-corrected chi connectivity index (χ3v) is 18.0. The lowest BCUT2D eigenvalue weighted by Crippen LogP contribution is -2.26. The van der Waals surface area contributed by atoms with Crippen molar-refractivity contribution >= 4 is 71.3 Å². The number of benzene rings is 12. The van der Waals surface area contributed by atoms with Gasteiger partial charge in [0.2, 0.25) is 0 Å². The molecule has 13 aromatic rings. The van der Waals surface area contributed by atoms with Crippen LogP contribution in [-0.4, -0.2) is 0 Å². The van der Waals surface area contributed by atoms with Crippen molar-refractivity contribution in [3.05, 3.63) is 270 Å². The summed E-state index contributed by atoms with van der Waals surface area (Å²) >= 11 is 0. The molecule has 0 radical (unpaired) electrons. The molecule has 1 fully saturated rings. The van der Waals surface area contributed by atoms with Gasteiger partial charge in [0, 0.05) is 38.7 Å². The predicted molar refractivity (Wildman–Crippen MR) is 307 cm³/mol. The Morgan fingerprint density at radius 3 is 1.43 bits per heavy atom. The number of fused-ring (bicyclic) bond motifs is 24. The fourth-order valence-electron chi connectivity index (χ4n) is 15.0. The van der Waals surface area contributed by atoms with Crippen molar-refractivity contribution in [2.45, 2.75) is 36.5 Å². The van der Waals surface area contributed by atoms with Crippen molar-refractivity contribution in [2.75, 3.05) is 4.90 Å². The first-order valence-corrected chi connectivity index (χ1v) is 26.5. The summed E-state index contributed by atoms with van der Waals surface area (Å²) in [5, 5.41) is 9.82. The topological polar surface area (TPSA) is 16.4 Å². The highest BCUT2D eigenvalue weighted by atomic mass is 16.3. The summed E-state index contributed by atoms with van der Waals surface area (Å²) in [6, 6.07) is 89.8. The smallest absolute Gasteiger partial charge is 0.143 e. The largest absolute Gasteiger partial charge is 0.455 e. The zero-order chi connectivity index (χ0) is 48.3. The summed E-state index contributed by atoms with van der Waals surface area (Å²) in [4.78, 5) is 2.62. The number of nitrogens with zero attached hydrogens (tertiary/aromatic N) is 1. The Kier molecular flexibility index (Phi) is 8.13. The minimum absolute atomic E-state index is 0.0181. The van der Waals surface area contributed by atoms with Gasteiger partial charge in [-0.2, -0.15) is 0 Å². The van der Waals surface area contributed by atoms with Crippen LogP contribution >= 0.6 is 0 Å². The average Bonchev–Trinajstić information content (AvgIpc) is 4.33. The molecule has 0 aliphatic heterocycles. The molecule has 74 heavy (non-hydrogen) atoms. The van der Waals surface area contributed by atoms with Crippen LogP contribution in [0, 0.1) is 0 Å². The van der Waals surface area contributed by atoms with E-state index in [0.29, 0.717) is 0 Å². The second-order valence-corrected chi connectivity index (χ2v) is 21.3. The van der Waals surface area contributed by atoms with E-state index in [0.717, 1.165) is 63.0 Å². The van der Waals surface area contributed by atoms with E-state index in [9.17, 15) is 0 Å². The zero-order valence-electron chi connectivity index (χ0n) is 40.7. The van der Waals surface area contributed by atoms with Gasteiger partial charge in [-0.25, -0.2) is 0 Å². The van der Waals surface area contributed by atoms with E-state index in [-0.39, 0.29) is 5.41 Å². The molecule has 0 amide bonds. The van der Waals surface area contributed by atoms with Crippen molar-refractivity contribution in [1.29, 1.82) is 0 Å². The Morgan fingerprint density at radius 2 is 0.770 bits per heavy atom. The summed E-state index contributed by atoms with van der Waals surface area (Å²) < 4.78 is 7.05. The lowest BCUT2D eigenvalue weighted by Gasteiger charge is -2.34. The van der Waals surface area contributed by atoms with Gasteiger partial charge < -0.3 is 9.32 Å². The molecule has 4 aliphatic carbocycles. The molecule has 0 bridgehead atoms. The van der Waals surface area contributed by atoms with E-state index in [2.05, 4.69) is 241 Å². The van der Waals surface area contributed by atoms with Crippen molar-refractivity contribution in [3.63, 3.8) is 0 Å². The van der Waals surface area contributed by atoms with E-state index in [1.807, 2.05) is 0 Å². The highest BCUT2D eigenvalue weighted by molar-refractivity contribution is 6.26. The highest BCUT2D eigenvalue weighted by Gasteiger charge is 2.52. The van der Waals surface area contributed by atoms with E-state index < -0.39 is 5.41 Å². The first-order chi connectivity index (χ1) is 36.7. The summed E-state index contributed by atoms with van der Waals surface area (Å²) in [7, 11) is 0. The highest BCUT2D eigenvalue weighted by Crippen LogP contribution is 2.65. The maximum absolute atomic E-state index is 7.05. The second kappa shape index (κ2) is 14.8. The molecule has 2 spiro atoms. The fraction of sp³-hybridized carbons (Fsp3) is 0.0833. The van der Waals surface area contributed by atoms with E-state index in [1.165, 1.54) is 112 Å². The Labute approximate surface area is 429 Å². The third-order valence-electron chi connectivity index (χ3n) is 18.0. The fourth-order valence-corrected chi connectivity index (χ4v) is 15.0. The van der Waals surface area contributed by atoms with Crippen molar-refractivity contribution in [3.8, 4) is 44.5 Å². The second-order valence-electron chi connectivity index (χ2n) is 21.3. The number of rotatable bonds is 4. The van der Waals surface area contributed by atoms with Crippen LogP contribution in [0.4, 0.5) is 17.1 Å². The van der Waals surface area contributed by atoms with Gasteiger partial charge in [0.05, 0.1) is 11.1 Å². The van der Waals surface area contributed by atoms with Crippen molar-refractivity contribution in [1.82, 2.24) is 0 Å². The SMILES string of the molecule is c1ccc2c(c1)-c1ccc(N(c3ccc4c5ccccc5c5ccccc5c4c3)c3cc4c(cc3-c3cccc5c3oc3ccccc35)-c3ccccc3C43c4ccccc4-c4ccccc43)cc1C21CCCC1. The summed E-state index contributed by atoms with van der Waals surface area (Å²) in [6.45, 7) is 0. The molecule has 4 aliphatic rings. The molecular weight excluding hydrogens is 895 g/mol. The van der Waals surface area contributed by atoms with Crippen LogP contribution in [0.25, 0.3) is 98.8 Å². The van der Waals surface area contributed by atoms with Gasteiger partial charge in [-0.1, -0.05) is 207 Å². The predicted octanol–water partition coefficient (Wildman–Crippen LogP) is 19.4. The van der Waals surface area contributed by atoms with Crippen LogP contribution < -0.4 is 4.90 Å². The Balaban J connectivity index is 1.03. The molecule has 1 heterocycles. The molecule has 0 unspecified atom stereocenters. The zero-order valence-corrected chi connectivity index (χ0v) is 40.7. The van der Waals surface area contributed by atoms with Crippen LogP contribution in [0.3, 0.4) is 0 Å². The Morgan fingerprint density at radius 1 is 0.297 bits per heavy atom. The van der Waals surface area contributed by atoms with Gasteiger partial charge in [0.25, 0.3) is 0 Å². The molecule has 1 saturated carbocycles. The number of furan rings is 1. The Bertz CT molecular complexity index is 4500. The third kappa shape index (κ3) is 5.15. The van der Waals surface area contributed by atoms with Gasteiger partial charge in [0.1, 0.15) is 11.2 Å². The van der Waals surface area contributed by atoms with Crippen LogP contribution in [-0.2, 0) is 10.8 Å². The lowest BCUT2D eigenvalue weighted by atomic mass is 9.70. The van der Waals surface area contributed by atoms with Gasteiger partial charge in [0.15, 0.2) is 0 Å². The minimum atomic E-state index is -0.546. The molecule has 1 aromatic heterocycles. The molecule has 346 valence electrons. The first-order valence-electron chi connectivity index (χ1n) is 26.5. The average molecular weight is 942 g/mol. The number of hydrogen-bond acceptors (Lipinski definition) is 2. The maximum Gasteiger partial charge on any atom is 0.143 e. The molecule has 0 saturated heterocycles. The molecule has 12 aromatic carbocycles. The maximum atomic E-state index is 7.05. The van der Waals surface area contributed by atoms with Gasteiger partial charge in [-0.15, -0.1) is 0 Å². The van der Waals surface area contributed by atoms with Crippen molar-refractivity contribution in [2.24, 2.45) is 0 Å². The number of hydrogen-bond donors (Lipinski definition) is 0. The quantitative estimate of drug-likeness (QED) is 0.164. The van der Waals surface area contributed by atoms with Crippen LogP contribution in [0.15, 0.2) is 241 Å². The van der Waals surface area contributed by atoms with Crippen LogP contribution in [0.1, 0.15) is 59.1 Å². The standard InChI is InChI=1S/C72H47NO/c1-2-20-48-46(18-1)47-19-3-4-21-49(47)59-40-44(34-36-50(48)59)73(45-35-37-55-51-22-5-10-29-62(51)71(66(55)41-45)38-15-16-39-71)68-43-67-60(42-61(68)58-28-17-27-57-56-26-9-14-33-69(56)74-70(57)58)54-25-8-13-32-65(54)72(67)63-30-11-6-23-52(63)53-24-7-12-31-64(53)72/h1-14,17-37,40-43H,15-16,38-39H2. The Hall–Kier alpha value is -8.98. The van der Waals surface area contributed by atoms with E-state index in [4.69, 9.17) is 4.42 Å². The van der Waals surface area contributed by atoms with Gasteiger partial charge in [-0.05, 0) is 154 Å². The van der Waals surface area contributed by atoms with Crippen LogP contribution in [0.5, 0.6) is 0 Å². The molecular formula is C72H47NO. The first kappa shape index (κ1) is 40.6. The molecule has 0 N–H and O–H groups in total. The summed E-state index contributed by atoms with van der Waals surface area (Å²) in [5.41, 5.74) is 22.9. The van der Waals surface area contributed by atoms with Crippen molar-refractivity contribution < 1.29 is 4.42 Å². The number of para-hydroxylation sites is 2. The molecule has 2 nitrogen and oxygen atoms in total. The molecule has 17 rings (SSSR count). The van der Waals surface area contributed by atoms with Crippen LogP contribution in [0.2, 0.25) is 0 Å². The van der Waals surface area contributed by atoms with Gasteiger partial charge >= 0.3 is 0 Å². The summed E-state index contributed by atoms with van der Waals surface area (Å²) in [5.74, 6) is 0. The van der Waals surface area contributed by atoms with Gasteiger partial charge in [-0.3, -0.25) is 0 Å². The van der Waals surface area contributed by atoms with E-state index >= 15 is 0 Å². The molecule has 0 atom stereocenters. The van der Waals surface area contributed by atoms with E-state index in [1.54, 1.807) is 0 Å². The molecule has 2 heteroatoms. The normalized spacial score (nSPS) is 15.0. The number of anilines is 3. The minimum Gasteiger partial charge on any atom is -0.455 e. The summed E-state index contributed by atoms with van der Waals surface area (Å²) in [6.07, 6.45) is 4.78.